The van der Waals surface area contributed by atoms with Gasteiger partial charge in [-0.1, -0.05) is 18.2 Å². The molecule has 1 amide bonds. The molecule has 3 heteroatoms. The highest BCUT2D eigenvalue weighted by Crippen LogP contribution is 2.13. The van der Waals surface area contributed by atoms with Crippen LogP contribution in [0.25, 0.3) is 0 Å². The summed E-state index contributed by atoms with van der Waals surface area (Å²) in [6.07, 6.45) is -0.436. The first-order valence-corrected chi connectivity index (χ1v) is 4.08. The fourth-order valence-corrected chi connectivity index (χ4v) is 1.10. The second-order valence-electron chi connectivity index (χ2n) is 2.49. The van der Waals surface area contributed by atoms with Crippen molar-refractivity contribution in [3.63, 3.8) is 0 Å². The number of benzene rings is 1. The standard InChI is InChI=1S/C10H12NO2/c1-3-11(10(12)13-2)9-7-5-4-6-8-9/h4-8H,2-3H2,1H3. The average molecular weight is 178 g/mol. The second-order valence-corrected chi connectivity index (χ2v) is 2.49. The van der Waals surface area contributed by atoms with Crippen molar-refractivity contribution in [3.05, 3.63) is 37.4 Å². The summed E-state index contributed by atoms with van der Waals surface area (Å²) in [5.41, 5.74) is 0.818. The van der Waals surface area contributed by atoms with Crippen molar-refractivity contribution in [1.82, 2.24) is 0 Å². The van der Waals surface area contributed by atoms with Crippen LogP contribution in [0.1, 0.15) is 6.92 Å². The molecule has 1 radical (unpaired) electrons. The van der Waals surface area contributed by atoms with Gasteiger partial charge in [0.1, 0.15) is 7.11 Å². The van der Waals surface area contributed by atoms with Gasteiger partial charge < -0.3 is 4.74 Å². The van der Waals surface area contributed by atoms with E-state index in [1.807, 2.05) is 37.3 Å². The lowest BCUT2D eigenvalue weighted by Crippen LogP contribution is -2.29. The van der Waals surface area contributed by atoms with E-state index < -0.39 is 6.09 Å². The number of hydrogen-bond acceptors (Lipinski definition) is 2. The van der Waals surface area contributed by atoms with Gasteiger partial charge in [-0.25, -0.2) is 4.79 Å². The molecule has 0 aliphatic carbocycles. The van der Waals surface area contributed by atoms with Crippen LogP contribution in [0.3, 0.4) is 0 Å². The normalized spacial score (nSPS) is 9.38. The maximum atomic E-state index is 11.2. The highest BCUT2D eigenvalue weighted by Gasteiger charge is 2.12. The third kappa shape index (κ3) is 2.21. The Morgan fingerprint density at radius 2 is 2.08 bits per heavy atom. The van der Waals surface area contributed by atoms with E-state index in [0.29, 0.717) is 6.54 Å². The van der Waals surface area contributed by atoms with Gasteiger partial charge in [0.25, 0.3) is 0 Å². The second kappa shape index (κ2) is 4.50. The van der Waals surface area contributed by atoms with Crippen LogP contribution in [0, 0.1) is 7.11 Å². The first-order valence-electron chi connectivity index (χ1n) is 4.08. The fourth-order valence-electron chi connectivity index (χ4n) is 1.10. The molecule has 1 rings (SSSR count). The molecule has 0 fully saturated rings. The summed E-state index contributed by atoms with van der Waals surface area (Å²) < 4.78 is 4.39. The van der Waals surface area contributed by atoms with Crippen molar-refractivity contribution in [1.29, 1.82) is 0 Å². The Bertz CT molecular complexity index is 272. The first-order chi connectivity index (χ1) is 6.29. The van der Waals surface area contributed by atoms with E-state index in [0.717, 1.165) is 5.69 Å². The van der Waals surface area contributed by atoms with Gasteiger partial charge in [0.05, 0.1) is 0 Å². The van der Waals surface area contributed by atoms with Crippen LogP contribution in [0.4, 0.5) is 10.5 Å². The quantitative estimate of drug-likeness (QED) is 0.696. The molecule has 0 bridgehead atoms. The molecule has 0 atom stereocenters. The lowest BCUT2D eigenvalue weighted by molar-refractivity contribution is 0.191. The lowest BCUT2D eigenvalue weighted by atomic mass is 10.3. The minimum atomic E-state index is -0.436. The number of amides is 1. The minimum absolute atomic E-state index is 0.436. The molecular weight excluding hydrogens is 166 g/mol. The Hall–Kier alpha value is -1.51. The number of carbonyl (C=O) groups excluding carboxylic acids is 1. The van der Waals surface area contributed by atoms with Gasteiger partial charge in [0, 0.05) is 12.2 Å². The molecule has 0 unspecified atom stereocenters. The third-order valence-corrected chi connectivity index (χ3v) is 1.73. The summed E-state index contributed by atoms with van der Waals surface area (Å²) in [6, 6.07) is 9.33. The molecule has 0 spiro atoms. The summed E-state index contributed by atoms with van der Waals surface area (Å²) >= 11 is 0. The number of hydrogen-bond donors (Lipinski definition) is 0. The molecule has 0 N–H and O–H groups in total. The van der Waals surface area contributed by atoms with Crippen LogP contribution in [0.2, 0.25) is 0 Å². The van der Waals surface area contributed by atoms with Crippen molar-refractivity contribution in [3.8, 4) is 0 Å². The van der Waals surface area contributed by atoms with Crippen molar-refractivity contribution in [2.24, 2.45) is 0 Å². The monoisotopic (exact) mass is 178 g/mol. The van der Waals surface area contributed by atoms with E-state index >= 15 is 0 Å². The molecule has 0 aliphatic heterocycles. The molecule has 0 saturated heterocycles. The van der Waals surface area contributed by atoms with Crippen molar-refractivity contribution >= 4 is 11.8 Å². The SMILES string of the molecule is [CH2]OC(=O)N(CC)c1ccccc1. The van der Waals surface area contributed by atoms with Crippen LogP contribution in [-0.2, 0) is 4.74 Å². The third-order valence-electron chi connectivity index (χ3n) is 1.73. The molecular formula is C10H12NO2. The van der Waals surface area contributed by atoms with Gasteiger partial charge in [-0.05, 0) is 19.1 Å². The van der Waals surface area contributed by atoms with Gasteiger partial charge >= 0.3 is 6.09 Å². The van der Waals surface area contributed by atoms with Gasteiger partial charge in [0.15, 0.2) is 0 Å². The van der Waals surface area contributed by atoms with Gasteiger partial charge in [0.2, 0.25) is 0 Å². The van der Waals surface area contributed by atoms with Crippen molar-refractivity contribution in [2.75, 3.05) is 11.4 Å². The highest BCUT2D eigenvalue weighted by molar-refractivity contribution is 5.87. The minimum Gasteiger partial charge on any atom is -0.446 e. The predicted octanol–water partition coefficient (Wildman–Crippen LogP) is 2.44. The summed E-state index contributed by atoms with van der Waals surface area (Å²) in [6.45, 7) is 2.45. The number of ether oxygens (including phenoxy) is 1. The van der Waals surface area contributed by atoms with Crippen LogP contribution < -0.4 is 4.90 Å². The fraction of sp³-hybridized carbons (Fsp3) is 0.200. The van der Waals surface area contributed by atoms with E-state index in [4.69, 9.17) is 0 Å². The zero-order valence-electron chi connectivity index (χ0n) is 7.56. The van der Waals surface area contributed by atoms with E-state index in [-0.39, 0.29) is 0 Å². The van der Waals surface area contributed by atoms with E-state index in [9.17, 15) is 4.79 Å². The maximum absolute atomic E-state index is 11.2. The van der Waals surface area contributed by atoms with Crippen molar-refractivity contribution < 1.29 is 9.53 Å². The van der Waals surface area contributed by atoms with Gasteiger partial charge in [-0.15, -0.1) is 0 Å². The van der Waals surface area contributed by atoms with E-state index in [1.54, 1.807) is 0 Å². The smallest absolute Gasteiger partial charge is 0.414 e. The van der Waals surface area contributed by atoms with Crippen LogP contribution in [-0.4, -0.2) is 12.6 Å². The molecule has 1 aromatic rings. The summed E-state index contributed by atoms with van der Waals surface area (Å²) in [5.74, 6) is 0. The number of carbonyl (C=O) groups is 1. The van der Waals surface area contributed by atoms with Crippen LogP contribution >= 0.6 is 0 Å². The Balaban J connectivity index is 2.85. The largest absolute Gasteiger partial charge is 0.446 e. The molecule has 0 aromatic heterocycles. The van der Waals surface area contributed by atoms with Gasteiger partial charge in [-0.2, -0.15) is 0 Å². The highest BCUT2D eigenvalue weighted by atomic mass is 16.5. The number of nitrogens with zero attached hydrogens (tertiary/aromatic N) is 1. The summed E-state index contributed by atoms with van der Waals surface area (Å²) in [5, 5.41) is 0. The molecule has 0 saturated carbocycles. The molecule has 0 aliphatic rings. The van der Waals surface area contributed by atoms with Crippen LogP contribution in [0.15, 0.2) is 30.3 Å². The van der Waals surface area contributed by atoms with E-state index in [1.165, 1.54) is 4.90 Å². The first kappa shape index (κ1) is 9.58. The Labute approximate surface area is 77.9 Å². The van der Waals surface area contributed by atoms with E-state index in [2.05, 4.69) is 11.8 Å². The van der Waals surface area contributed by atoms with Gasteiger partial charge in [-0.3, -0.25) is 4.90 Å². The molecule has 3 nitrogen and oxygen atoms in total. The Kier molecular flexibility index (Phi) is 3.31. The summed E-state index contributed by atoms with van der Waals surface area (Å²) in [7, 11) is 3.09. The topological polar surface area (TPSA) is 29.5 Å². The number of rotatable bonds is 2. The lowest BCUT2D eigenvalue weighted by Gasteiger charge is -2.18. The Morgan fingerprint density at radius 3 is 2.54 bits per heavy atom. The zero-order valence-corrected chi connectivity index (χ0v) is 7.56. The average Bonchev–Trinajstić information content (AvgIpc) is 2.20. The Morgan fingerprint density at radius 1 is 1.46 bits per heavy atom. The molecule has 0 heterocycles. The molecule has 13 heavy (non-hydrogen) atoms. The van der Waals surface area contributed by atoms with Crippen molar-refractivity contribution in [2.45, 2.75) is 6.92 Å². The predicted molar refractivity (Wildman–Crippen MR) is 51.3 cm³/mol. The molecule has 1 aromatic carbocycles. The zero-order chi connectivity index (χ0) is 9.68. The molecule has 69 valence electrons. The number of para-hydroxylation sites is 1. The van der Waals surface area contributed by atoms with Crippen LogP contribution in [0.5, 0.6) is 0 Å². The summed E-state index contributed by atoms with van der Waals surface area (Å²) in [4.78, 5) is 12.7. The maximum Gasteiger partial charge on any atom is 0.414 e. The number of anilines is 1.